The first kappa shape index (κ1) is 19.5. The highest BCUT2D eigenvalue weighted by Gasteiger charge is 2.25. The summed E-state index contributed by atoms with van der Waals surface area (Å²) in [6.07, 6.45) is 3.02. The van der Waals surface area contributed by atoms with Gasteiger partial charge in [-0.15, -0.1) is 0 Å². The first-order valence-corrected chi connectivity index (χ1v) is 10.3. The molecule has 0 fully saturated rings. The minimum atomic E-state index is -0.971. The lowest BCUT2D eigenvalue weighted by molar-refractivity contribution is 0.0698. The number of carboxylic acid groups (broad SMARTS) is 1. The summed E-state index contributed by atoms with van der Waals surface area (Å²) < 4.78 is 7.12. The molecule has 0 saturated heterocycles. The van der Waals surface area contributed by atoms with Crippen molar-refractivity contribution < 1.29 is 14.6 Å². The van der Waals surface area contributed by atoms with Crippen LogP contribution < -0.4 is 15.0 Å². The van der Waals surface area contributed by atoms with Gasteiger partial charge in [0.25, 0.3) is 0 Å². The van der Waals surface area contributed by atoms with E-state index in [0.717, 1.165) is 22.7 Å². The molecule has 0 aliphatic carbocycles. The topological polar surface area (TPSA) is 74.7 Å². The second-order valence-electron chi connectivity index (χ2n) is 6.87. The first-order chi connectivity index (χ1) is 14.0. The van der Waals surface area contributed by atoms with E-state index in [1.54, 1.807) is 6.20 Å². The molecule has 29 heavy (non-hydrogen) atoms. The zero-order valence-corrected chi connectivity index (χ0v) is 18.0. The normalized spacial score (nSPS) is 14.8. The van der Waals surface area contributed by atoms with Gasteiger partial charge in [-0.05, 0) is 59.0 Å². The number of aromatic carboxylic acids is 1. The van der Waals surface area contributed by atoms with E-state index in [1.165, 1.54) is 15.8 Å². The molecule has 1 atom stereocenters. The fourth-order valence-corrected chi connectivity index (χ4v) is 3.77. The Balaban J connectivity index is 1.49. The number of ether oxygens (including phenoxy) is 1. The van der Waals surface area contributed by atoms with Gasteiger partial charge in [-0.3, -0.25) is 4.98 Å². The molecule has 1 aromatic heterocycles. The molecule has 7 heteroatoms. The highest BCUT2D eigenvalue weighted by atomic mass is 127. The molecular formula is C22H20IN3O3. The third-order valence-corrected chi connectivity index (χ3v) is 5.79. The number of carbonyl (C=O) groups is 1. The molecule has 0 spiro atoms. The first-order valence-electron chi connectivity index (χ1n) is 9.20. The number of hydrogen-bond acceptors (Lipinski definition) is 5. The van der Waals surface area contributed by atoms with Crippen molar-refractivity contribution in [2.24, 2.45) is 0 Å². The minimum Gasteiger partial charge on any atom is -0.493 e. The molecule has 3 aromatic rings. The number of rotatable bonds is 6. The molecular weight excluding hydrogens is 481 g/mol. The van der Waals surface area contributed by atoms with Crippen LogP contribution >= 0.6 is 22.6 Å². The number of fused-ring (bicyclic) bond motifs is 1. The molecule has 2 aromatic carbocycles. The molecule has 2 heterocycles. The molecule has 1 aliphatic rings. The molecule has 0 unspecified atom stereocenters. The van der Waals surface area contributed by atoms with Gasteiger partial charge < -0.3 is 20.1 Å². The fraction of sp³-hybridized carbons (Fsp3) is 0.182. The molecule has 148 valence electrons. The molecule has 0 radical (unpaired) electrons. The van der Waals surface area contributed by atoms with Crippen LogP contribution in [0.25, 0.3) is 0 Å². The molecule has 0 saturated carbocycles. The lowest BCUT2D eigenvalue weighted by Gasteiger charge is -2.20. The Morgan fingerprint density at radius 1 is 1.24 bits per heavy atom. The maximum Gasteiger partial charge on any atom is 0.337 e. The second-order valence-corrected chi connectivity index (χ2v) is 8.12. The summed E-state index contributed by atoms with van der Waals surface area (Å²) in [5, 5.41) is 12.5. The van der Waals surface area contributed by atoms with Crippen molar-refractivity contribution in [1.29, 1.82) is 0 Å². The Hall–Kier alpha value is -2.81. The number of anilines is 3. The van der Waals surface area contributed by atoms with Crippen LogP contribution in [-0.4, -0.2) is 36.3 Å². The number of halogens is 1. The highest BCUT2D eigenvalue weighted by molar-refractivity contribution is 14.1. The summed E-state index contributed by atoms with van der Waals surface area (Å²) >= 11 is 2.30. The van der Waals surface area contributed by atoms with Crippen molar-refractivity contribution in [2.75, 3.05) is 30.4 Å². The fourth-order valence-electron chi connectivity index (χ4n) is 3.41. The predicted octanol–water partition coefficient (Wildman–Crippen LogP) is 4.74. The van der Waals surface area contributed by atoms with E-state index < -0.39 is 5.97 Å². The third kappa shape index (κ3) is 4.14. The molecule has 4 rings (SSSR count). The Labute approximate surface area is 182 Å². The van der Waals surface area contributed by atoms with E-state index in [-0.39, 0.29) is 11.5 Å². The van der Waals surface area contributed by atoms with E-state index in [1.807, 2.05) is 7.05 Å². The van der Waals surface area contributed by atoms with Crippen molar-refractivity contribution in [3.63, 3.8) is 0 Å². The van der Waals surface area contributed by atoms with Crippen molar-refractivity contribution in [1.82, 2.24) is 4.98 Å². The van der Waals surface area contributed by atoms with Gasteiger partial charge in [-0.1, -0.05) is 6.07 Å². The van der Waals surface area contributed by atoms with Gasteiger partial charge in [0.05, 0.1) is 24.1 Å². The van der Waals surface area contributed by atoms with Crippen LogP contribution in [0.15, 0.2) is 60.9 Å². The van der Waals surface area contributed by atoms with Crippen LogP contribution in [0.5, 0.6) is 5.75 Å². The lowest BCUT2D eigenvalue weighted by Crippen LogP contribution is -2.16. The predicted molar refractivity (Wildman–Crippen MR) is 122 cm³/mol. The van der Waals surface area contributed by atoms with Gasteiger partial charge in [0, 0.05) is 52.3 Å². The number of nitrogens with one attached hydrogen (secondary N) is 1. The number of aromatic nitrogens is 1. The smallest absolute Gasteiger partial charge is 0.337 e. The Morgan fingerprint density at radius 3 is 2.76 bits per heavy atom. The lowest BCUT2D eigenvalue weighted by atomic mass is 10.0. The van der Waals surface area contributed by atoms with E-state index in [4.69, 9.17) is 4.74 Å². The quantitative estimate of drug-likeness (QED) is 0.476. The Morgan fingerprint density at radius 2 is 2.00 bits per heavy atom. The van der Waals surface area contributed by atoms with Crippen LogP contribution in [0.1, 0.15) is 21.8 Å². The van der Waals surface area contributed by atoms with E-state index in [0.29, 0.717) is 18.8 Å². The molecule has 6 nitrogen and oxygen atoms in total. The van der Waals surface area contributed by atoms with E-state index in [2.05, 4.69) is 80.3 Å². The van der Waals surface area contributed by atoms with Crippen LogP contribution in [0.4, 0.5) is 17.1 Å². The highest BCUT2D eigenvalue weighted by Crippen LogP contribution is 2.38. The van der Waals surface area contributed by atoms with Crippen LogP contribution in [0.3, 0.4) is 0 Å². The van der Waals surface area contributed by atoms with Gasteiger partial charge in [0.1, 0.15) is 5.75 Å². The van der Waals surface area contributed by atoms with Crippen molar-refractivity contribution in [2.45, 2.75) is 5.92 Å². The molecule has 2 N–H and O–H groups in total. The van der Waals surface area contributed by atoms with Crippen molar-refractivity contribution >= 4 is 45.6 Å². The third-order valence-electron chi connectivity index (χ3n) is 5.07. The van der Waals surface area contributed by atoms with Gasteiger partial charge in [-0.2, -0.15) is 0 Å². The minimum absolute atomic E-state index is 0.143. The number of nitrogens with zero attached hydrogens (tertiary/aromatic N) is 2. The van der Waals surface area contributed by atoms with E-state index >= 15 is 0 Å². The number of carboxylic acids is 1. The standard InChI is InChI=1S/C22H20IN3O3/c1-26(16-4-2-15(23)3-5-16)17-6-7-18-14(13-29-21(18)10-17)11-25-20-12-24-9-8-19(20)22(27)28/h2-10,12,14,25H,11,13H2,1H3,(H,27,28)/t14-/m0/s1. The zero-order chi connectivity index (χ0) is 20.4. The SMILES string of the molecule is CN(c1ccc(I)cc1)c1ccc2c(c1)OC[C@@H]2CNc1cnccc1C(=O)O. The van der Waals surface area contributed by atoms with Gasteiger partial charge in [0.2, 0.25) is 0 Å². The maximum absolute atomic E-state index is 11.4. The summed E-state index contributed by atoms with van der Waals surface area (Å²) in [4.78, 5) is 17.5. The molecule has 1 aliphatic heterocycles. The summed E-state index contributed by atoms with van der Waals surface area (Å²) in [6, 6.07) is 16.1. The average Bonchev–Trinajstić information content (AvgIpc) is 3.14. The van der Waals surface area contributed by atoms with Gasteiger partial charge in [0.15, 0.2) is 0 Å². The van der Waals surface area contributed by atoms with Crippen molar-refractivity contribution in [3.8, 4) is 5.75 Å². The Kier molecular flexibility index (Phi) is 5.57. The van der Waals surface area contributed by atoms with Crippen LogP contribution in [-0.2, 0) is 0 Å². The summed E-state index contributed by atoms with van der Waals surface area (Å²) in [5.74, 6) is 0.0436. The van der Waals surface area contributed by atoms with Gasteiger partial charge >= 0.3 is 5.97 Å². The number of pyridine rings is 1. The van der Waals surface area contributed by atoms with Crippen molar-refractivity contribution in [3.05, 3.63) is 75.6 Å². The van der Waals surface area contributed by atoms with Crippen LogP contribution in [0.2, 0.25) is 0 Å². The Bertz CT molecular complexity index is 1040. The largest absolute Gasteiger partial charge is 0.493 e. The number of benzene rings is 2. The van der Waals surface area contributed by atoms with Gasteiger partial charge in [-0.25, -0.2) is 4.79 Å². The number of hydrogen-bond donors (Lipinski definition) is 2. The zero-order valence-electron chi connectivity index (χ0n) is 15.8. The van der Waals surface area contributed by atoms with E-state index in [9.17, 15) is 9.90 Å². The maximum atomic E-state index is 11.4. The molecule has 0 amide bonds. The second kappa shape index (κ2) is 8.28. The average molecular weight is 501 g/mol. The van der Waals surface area contributed by atoms with Crippen LogP contribution in [0, 0.1) is 3.57 Å². The summed E-state index contributed by atoms with van der Waals surface area (Å²) in [7, 11) is 2.04. The summed E-state index contributed by atoms with van der Waals surface area (Å²) in [6.45, 7) is 1.13. The summed E-state index contributed by atoms with van der Waals surface area (Å²) in [5.41, 5.74) is 4.02. The molecule has 0 bridgehead atoms. The monoisotopic (exact) mass is 501 g/mol.